The molecular weight excluding hydrogens is 230 g/mol. The van der Waals surface area contributed by atoms with Crippen molar-refractivity contribution < 1.29 is 5.11 Å². The maximum absolute atomic E-state index is 10.5. The molecule has 2 aliphatic rings. The molecule has 0 saturated heterocycles. The molecule has 0 radical (unpaired) electrons. The fourth-order valence-corrected chi connectivity index (χ4v) is 3.40. The van der Waals surface area contributed by atoms with E-state index in [-0.39, 0.29) is 0 Å². The van der Waals surface area contributed by atoms with Crippen LogP contribution in [0.4, 0.5) is 0 Å². The predicted octanol–water partition coefficient (Wildman–Crippen LogP) is 2.73. The highest BCUT2D eigenvalue weighted by atomic mass is 32.1. The Morgan fingerprint density at radius 3 is 2.53 bits per heavy atom. The topological polar surface area (TPSA) is 32.3 Å². The van der Waals surface area contributed by atoms with Crippen molar-refractivity contribution >= 4 is 11.3 Å². The van der Waals surface area contributed by atoms with Crippen molar-refractivity contribution in [3.05, 3.63) is 22.4 Å². The van der Waals surface area contributed by atoms with Crippen LogP contribution in [0.5, 0.6) is 0 Å². The number of thiophene rings is 1. The molecule has 0 amide bonds. The van der Waals surface area contributed by atoms with Gasteiger partial charge >= 0.3 is 0 Å². The Bertz CT molecular complexity index is 354. The van der Waals surface area contributed by atoms with Gasteiger partial charge in [0.15, 0.2) is 0 Å². The minimum atomic E-state index is -0.712. The van der Waals surface area contributed by atoms with E-state index in [0.717, 1.165) is 16.7 Å². The van der Waals surface area contributed by atoms with E-state index in [9.17, 15) is 5.11 Å². The van der Waals surface area contributed by atoms with Gasteiger partial charge in [0, 0.05) is 17.5 Å². The third kappa shape index (κ3) is 2.72. The van der Waals surface area contributed by atoms with Gasteiger partial charge in [0.2, 0.25) is 0 Å². The Kier molecular flexibility index (Phi) is 3.01. The van der Waals surface area contributed by atoms with Gasteiger partial charge in [-0.3, -0.25) is 0 Å². The summed E-state index contributed by atoms with van der Waals surface area (Å²) in [4.78, 5) is 1.07. The summed E-state index contributed by atoms with van der Waals surface area (Å²) in [5, 5.41) is 16.1. The van der Waals surface area contributed by atoms with Crippen LogP contribution in [-0.2, 0) is 5.60 Å². The highest BCUT2D eigenvalue weighted by Gasteiger charge is 2.42. The summed E-state index contributed by atoms with van der Waals surface area (Å²) in [7, 11) is 0. The van der Waals surface area contributed by atoms with E-state index in [1.807, 2.05) is 24.4 Å². The van der Waals surface area contributed by atoms with Crippen molar-refractivity contribution in [3.8, 4) is 0 Å². The molecule has 2 N–H and O–H groups in total. The molecule has 2 fully saturated rings. The SMILES string of the molecule is CC(O)(CNC(C1CC1)C1CC1)c1cccs1. The first-order valence-corrected chi connectivity index (χ1v) is 7.54. The second-order valence-electron chi connectivity index (χ2n) is 5.83. The summed E-state index contributed by atoms with van der Waals surface area (Å²) < 4.78 is 0. The molecule has 17 heavy (non-hydrogen) atoms. The quantitative estimate of drug-likeness (QED) is 0.815. The molecule has 3 rings (SSSR count). The molecule has 0 bridgehead atoms. The third-order valence-electron chi connectivity index (χ3n) is 3.99. The van der Waals surface area contributed by atoms with Gasteiger partial charge in [-0.1, -0.05) is 6.07 Å². The average molecular weight is 251 g/mol. The zero-order valence-corrected chi connectivity index (χ0v) is 11.2. The predicted molar refractivity (Wildman–Crippen MR) is 71.1 cm³/mol. The largest absolute Gasteiger partial charge is 0.383 e. The molecule has 2 nitrogen and oxygen atoms in total. The molecule has 1 unspecified atom stereocenters. The monoisotopic (exact) mass is 251 g/mol. The number of hydrogen-bond acceptors (Lipinski definition) is 3. The van der Waals surface area contributed by atoms with E-state index in [4.69, 9.17) is 0 Å². The summed E-state index contributed by atoms with van der Waals surface area (Å²) in [6, 6.07) is 4.70. The molecule has 0 spiro atoms. The van der Waals surface area contributed by atoms with Crippen LogP contribution in [0.3, 0.4) is 0 Å². The first-order valence-electron chi connectivity index (χ1n) is 6.66. The standard InChI is InChI=1S/C14H21NOS/c1-14(16,12-3-2-8-17-12)9-15-13(10-4-5-10)11-6-7-11/h2-3,8,10-11,13,15-16H,4-7,9H2,1H3. The summed E-state index contributed by atoms with van der Waals surface area (Å²) in [5.74, 6) is 1.78. The molecule has 1 aromatic rings. The van der Waals surface area contributed by atoms with Gasteiger partial charge in [-0.05, 0) is 55.9 Å². The lowest BCUT2D eigenvalue weighted by atomic mass is 10.0. The van der Waals surface area contributed by atoms with Crippen molar-refractivity contribution in [2.75, 3.05) is 6.54 Å². The van der Waals surface area contributed by atoms with Gasteiger partial charge in [0.1, 0.15) is 5.60 Å². The first kappa shape index (κ1) is 11.7. The molecule has 94 valence electrons. The maximum Gasteiger partial charge on any atom is 0.108 e. The van der Waals surface area contributed by atoms with E-state index in [2.05, 4.69) is 5.32 Å². The minimum Gasteiger partial charge on any atom is -0.383 e. The molecule has 3 heteroatoms. The molecule has 0 aliphatic heterocycles. The van der Waals surface area contributed by atoms with E-state index in [1.165, 1.54) is 25.7 Å². The van der Waals surface area contributed by atoms with E-state index >= 15 is 0 Å². The number of rotatable bonds is 6. The highest BCUT2D eigenvalue weighted by Crippen LogP contribution is 2.44. The van der Waals surface area contributed by atoms with Crippen LogP contribution in [0.25, 0.3) is 0 Å². The molecular formula is C14H21NOS. The van der Waals surface area contributed by atoms with Crippen LogP contribution < -0.4 is 5.32 Å². The van der Waals surface area contributed by atoms with Crippen LogP contribution in [0.1, 0.15) is 37.5 Å². The lowest BCUT2D eigenvalue weighted by molar-refractivity contribution is 0.0556. The Labute approximate surface area is 107 Å². The highest BCUT2D eigenvalue weighted by molar-refractivity contribution is 7.10. The smallest absolute Gasteiger partial charge is 0.108 e. The zero-order valence-electron chi connectivity index (χ0n) is 10.4. The molecule has 2 saturated carbocycles. The van der Waals surface area contributed by atoms with Crippen molar-refractivity contribution in [2.45, 2.75) is 44.2 Å². The fraction of sp³-hybridized carbons (Fsp3) is 0.714. The fourth-order valence-electron chi connectivity index (χ4n) is 2.62. The zero-order chi connectivity index (χ0) is 11.9. The van der Waals surface area contributed by atoms with Crippen molar-refractivity contribution in [1.82, 2.24) is 5.32 Å². The third-order valence-corrected chi connectivity index (χ3v) is 5.12. The summed E-state index contributed by atoms with van der Waals surface area (Å²) in [5.41, 5.74) is -0.712. The van der Waals surface area contributed by atoms with Crippen molar-refractivity contribution in [2.24, 2.45) is 11.8 Å². The van der Waals surface area contributed by atoms with Crippen molar-refractivity contribution in [3.63, 3.8) is 0 Å². The second kappa shape index (κ2) is 4.38. The van der Waals surface area contributed by atoms with Gasteiger partial charge in [-0.15, -0.1) is 11.3 Å². The second-order valence-corrected chi connectivity index (χ2v) is 6.78. The van der Waals surface area contributed by atoms with Crippen molar-refractivity contribution in [1.29, 1.82) is 0 Å². The van der Waals surface area contributed by atoms with Gasteiger partial charge in [0.25, 0.3) is 0 Å². The maximum atomic E-state index is 10.5. The number of nitrogens with one attached hydrogen (secondary N) is 1. The Morgan fingerprint density at radius 1 is 1.41 bits per heavy atom. The van der Waals surface area contributed by atoms with E-state index in [1.54, 1.807) is 11.3 Å². The Hall–Kier alpha value is -0.380. The van der Waals surface area contributed by atoms with Gasteiger partial charge < -0.3 is 10.4 Å². The summed E-state index contributed by atoms with van der Waals surface area (Å²) >= 11 is 1.64. The molecule has 2 aliphatic carbocycles. The van der Waals surface area contributed by atoms with Gasteiger partial charge in [-0.2, -0.15) is 0 Å². The Morgan fingerprint density at radius 2 is 2.06 bits per heavy atom. The number of hydrogen-bond donors (Lipinski definition) is 2. The first-order chi connectivity index (χ1) is 8.17. The molecule has 1 aromatic heterocycles. The van der Waals surface area contributed by atoms with E-state index in [0.29, 0.717) is 12.6 Å². The lowest BCUT2D eigenvalue weighted by Gasteiger charge is -2.26. The van der Waals surface area contributed by atoms with Crippen LogP contribution in [-0.4, -0.2) is 17.7 Å². The summed E-state index contributed by atoms with van der Waals surface area (Å²) in [6.45, 7) is 2.61. The molecule has 0 aromatic carbocycles. The Balaban J connectivity index is 1.58. The molecule has 1 atom stereocenters. The average Bonchev–Trinajstić information content (AvgIpc) is 3.21. The van der Waals surface area contributed by atoms with Crippen LogP contribution >= 0.6 is 11.3 Å². The van der Waals surface area contributed by atoms with Crippen LogP contribution in [0, 0.1) is 11.8 Å². The molecule has 1 heterocycles. The van der Waals surface area contributed by atoms with Gasteiger partial charge in [0.05, 0.1) is 0 Å². The normalized spacial score (nSPS) is 23.9. The minimum absolute atomic E-state index is 0.668. The van der Waals surface area contributed by atoms with Crippen LogP contribution in [0.15, 0.2) is 17.5 Å². The van der Waals surface area contributed by atoms with Gasteiger partial charge in [-0.25, -0.2) is 0 Å². The van der Waals surface area contributed by atoms with E-state index < -0.39 is 5.60 Å². The van der Waals surface area contributed by atoms with Crippen LogP contribution in [0.2, 0.25) is 0 Å². The number of aliphatic hydroxyl groups is 1. The summed E-state index contributed by atoms with van der Waals surface area (Å²) in [6.07, 6.45) is 5.54. The lowest BCUT2D eigenvalue weighted by Crippen LogP contribution is -2.42.